The summed E-state index contributed by atoms with van der Waals surface area (Å²) >= 11 is 0. The van der Waals surface area contributed by atoms with Gasteiger partial charge in [0.05, 0.1) is 5.69 Å². The Balaban J connectivity index is 2.07. The molecule has 6 nitrogen and oxygen atoms in total. The first-order valence-corrected chi connectivity index (χ1v) is 5.32. The summed E-state index contributed by atoms with van der Waals surface area (Å²) in [5.74, 6) is -4.38. The van der Waals surface area contributed by atoms with E-state index in [4.69, 9.17) is 0 Å². The van der Waals surface area contributed by atoms with Gasteiger partial charge in [-0.05, 0) is 22.4 Å². The third kappa shape index (κ3) is 1.88. The Morgan fingerprint density at radius 2 is 1.90 bits per heavy atom. The van der Waals surface area contributed by atoms with Crippen molar-refractivity contribution >= 4 is 22.5 Å². The normalized spacial score (nSPS) is 10.9. The van der Waals surface area contributed by atoms with Gasteiger partial charge in [-0.25, -0.2) is 17.8 Å². The smallest absolute Gasteiger partial charge is 0.273 e. The fraction of sp³-hybridized carbons (Fsp3) is 0. The zero-order valence-electron chi connectivity index (χ0n) is 9.58. The number of fused-ring (bicyclic) bond motifs is 1. The van der Waals surface area contributed by atoms with E-state index in [0.29, 0.717) is 0 Å². The predicted octanol–water partition coefficient (Wildman–Crippen LogP) is 2.07. The number of anilines is 2. The highest BCUT2D eigenvalue weighted by atomic mass is 19.2. The van der Waals surface area contributed by atoms with Crippen molar-refractivity contribution < 1.29 is 17.8 Å². The summed E-state index contributed by atoms with van der Waals surface area (Å²) in [6.45, 7) is 0. The molecular formula is C11H5F3N4O2. The van der Waals surface area contributed by atoms with Crippen LogP contribution in [0.1, 0.15) is 0 Å². The highest BCUT2D eigenvalue weighted by Crippen LogP contribution is 2.22. The zero-order valence-corrected chi connectivity index (χ0v) is 9.58. The number of aromatic amines is 1. The van der Waals surface area contributed by atoms with E-state index in [9.17, 15) is 18.0 Å². The van der Waals surface area contributed by atoms with Crippen molar-refractivity contribution in [3.05, 3.63) is 46.0 Å². The van der Waals surface area contributed by atoms with E-state index in [-0.39, 0.29) is 22.5 Å². The average Bonchev–Trinajstić information content (AvgIpc) is 2.86. The molecule has 20 heavy (non-hydrogen) atoms. The Labute approximate surface area is 108 Å². The molecule has 102 valence electrons. The molecule has 2 heterocycles. The molecule has 2 N–H and O–H groups in total. The second kappa shape index (κ2) is 4.37. The monoisotopic (exact) mass is 282 g/mol. The molecule has 3 aromatic rings. The van der Waals surface area contributed by atoms with E-state index in [1.54, 1.807) is 0 Å². The lowest BCUT2D eigenvalue weighted by Crippen LogP contribution is -2.12. The summed E-state index contributed by atoms with van der Waals surface area (Å²) < 4.78 is 43.8. The molecule has 0 aliphatic heterocycles. The quantitative estimate of drug-likeness (QED) is 0.703. The standard InChI is InChI=1S/C11H5F3N4O2/c12-4-1-2-5(9(14)8(4)13)15-7-3-6-10(16-11(7)19)18-20-17-6/h1-3,15H,(H,16,18,19). The molecule has 1 aromatic carbocycles. The maximum atomic E-state index is 13.5. The number of nitrogens with one attached hydrogen (secondary N) is 2. The van der Waals surface area contributed by atoms with Crippen molar-refractivity contribution in [2.24, 2.45) is 0 Å². The number of benzene rings is 1. The van der Waals surface area contributed by atoms with Gasteiger partial charge >= 0.3 is 0 Å². The van der Waals surface area contributed by atoms with Gasteiger partial charge in [-0.1, -0.05) is 0 Å². The van der Waals surface area contributed by atoms with Crippen LogP contribution in [-0.2, 0) is 0 Å². The van der Waals surface area contributed by atoms with E-state index in [1.165, 1.54) is 6.07 Å². The number of hydrogen-bond acceptors (Lipinski definition) is 5. The molecule has 0 spiro atoms. The summed E-state index contributed by atoms with van der Waals surface area (Å²) in [4.78, 5) is 14.0. The van der Waals surface area contributed by atoms with Gasteiger partial charge in [0.2, 0.25) is 5.65 Å². The molecule has 2 aromatic heterocycles. The first-order valence-electron chi connectivity index (χ1n) is 5.32. The number of aromatic nitrogens is 3. The Morgan fingerprint density at radius 3 is 2.70 bits per heavy atom. The van der Waals surface area contributed by atoms with Gasteiger partial charge in [-0.2, -0.15) is 0 Å². The van der Waals surface area contributed by atoms with Crippen LogP contribution < -0.4 is 10.9 Å². The van der Waals surface area contributed by atoms with E-state index < -0.39 is 23.0 Å². The van der Waals surface area contributed by atoms with Crippen LogP contribution in [0.3, 0.4) is 0 Å². The fourth-order valence-electron chi connectivity index (χ4n) is 1.61. The lowest BCUT2D eigenvalue weighted by Gasteiger charge is -2.07. The lowest BCUT2D eigenvalue weighted by atomic mass is 10.2. The number of H-pyrrole nitrogens is 1. The Hall–Kier alpha value is -2.84. The Kier molecular flexibility index (Phi) is 2.67. The lowest BCUT2D eigenvalue weighted by molar-refractivity contribution is 0.314. The van der Waals surface area contributed by atoms with Crippen LogP contribution in [-0.4, -0.2) is 15.3 Å². The number of rotatable bonds is 2. The summed E-state index contributed by atoms with van der Waals surface area (Å²) in [5.41, 5.74) is -0.804. The molecule has 0 saturated heterocycles. The molecular weight excluding hydrogens is 277 g/mol. The van der Waals surface area contributed by atoms with Gasteiger partial charge in [0.1, 0.15) is 5.69 Å². The first-order chi connectivity index (χ1) is 9.56. The Morgan fingerprint density at radius 1 is 1.10 bits per heavy atom. The Bertz CT molecular complexity index is 858. The first kappa shape index (κ1) is 12.2. The second-order valence-corrected chi connectivity index (χ2v) is 3.86. The summed E-state index contributed by atoms with van der Waals surface area (Å²) in [6, 6.07) is 2.95. The van der Waals surface area contributed by atoms with Gasteiger partial charge in [0.25, 0.3) is 5.56 Å². The van der Waals surface area contributed by atoms with Gasteiger partial charge in [0.15, 0.2) is 23.0 Å². The van der Waals surface area contributed by atoms with Crippen molar-refractivity contribution in [3.63, 3.8) is 0 Å². The molecule has 0 atom stereocenters. The van der Waals surface area contributed by atoms with Crippen molar-refractivity contribution in [1.29, 1.82) is 0 Å². The number of nitrogens with zero attached hydrogens (tertiary/aromatic N) is 2. The van der Waals surface area contributed by atoms with E-state index >= 15 is 0 Å². The number of halogens is 3. The predicted molar refractivity (Wildman–Crippen MR) is 62.0 cm³/mol. The van der Waals surface area contributed by atoms with Crippen molar-refractivity contribution in [2.75, 3.05) is 5.32 Å². The maximum Gasteiger partial charge on any atom is 0.273 e. The van der Waals surface area contributed by atoms with Crippen LogP contribution in [0.25, 0.3) is 11.2 Å². The molecule has 0 fully saturated rings. The third-order valence-electron chi connectivity index (χ3n) is 2.58. The molecule has 0 bridgehead atoms. The van der Waals surface area contributed by atoms with E-state index in [1.807, 2.05) is 0 Å². The minimum absolute atomic E-state index is 0.113. The minimum atomic E-state index is -1.63. The van der Waals surface area contributed by atoms with Crippen LogP contribution >= 0.6 is 0 Å². The SMILES string of the molecule is O=c1[nH]c2nonc2cc1Nc1ccc(F)c(F)c1F. The molecule has 0 aliphatic carbocycles. The summed E-state index contributed by atoms with van der Waals surface area (Å²) in [7, 11) is 0. The number of pyridine rings is 1. The topological polar surface area (TPSA) is 83.8 Å². The fourth-order valence-corrected chi connectivity index (χ4v) is 1.61. The average molecular weight is 282 g/mol. The van der Waals surface area contributed by atoms with Crippen LogP contribution in [0.15, 0.2) is 27.6 Å². The largest absolute Gasteiger partial charge is 0.348 e. The van der Waals surface area contributed by atoms with Crippen molar-refractivity contribution in [2.45, 2.75) is 0 Å². The molecule has 0 amide bonds. The van der Waals surface area contributed by atoms with Gasteiger partial charge in [0, 0.05) is 6.07 Å². The summed E-state index contributed by atoms with van der Waals surface area (Å²) in [5, 5.41) is 9.27. The molecule has 0 unspecified atom stereocenters. The van der Waals surface area contributed by atoms with E-state index in [0.717, 1.165) is 12.1 Å². The third-order valence-corrected chi connectivity index (χ3v) is 2.58. The van der Waals surface area contributed by atoms with Crippen LogP contribution in [0.2, 0.25) is 0 Å². The van der Waals surface area contributed by atoms with Crippen LogP contribution in [0.5, 0.6) is 0 Å². The van der Waals surface area contributed by atoms with Gasteiger partial charge < -0.3 is 10.3 Å². The maximum absolute atomic E-state index is 13.5. The van der Waals surface area contributed by atoms with Crippen LogP contribution in [0, 0.1) is 17.5 Å². The number of hydrogen-bond donors (Lipinski definition) is 2. The highest BCUT2D eigenvalue weighted by Gasteiger charge is 2.15. The van der Waals surface area contributed by atoms with Crippen molar-refractivity contribution in [1.82, 2.24) is 15.3 Å². The minimum Gasteiger partial charge on any atom is -0.348 e. The zero-order chi connectivity index (χ0) is 14.3. The molecule has 0 radical (unpaired) electrons. The van der Waals surface area contributed by atoms with Gasteiger partial charge in [-0.3, -0.25) is 4.79 Å². The van der Waals surface area contributed by atoms with Gasteiger partial charge in [-0.15, -0.1) is 0 Å². The molecule has 3 rings (SSSR count). The molecule has 0 aliphatic rings. The molecule has 0 saturated carbocycles. The van der Waals surface area contributed by atoms with E-state index in [2.05, 4.69) is 25.2 Å². The summed E-state index contributed by atoms with van der Waals surface area (Å²) in [6.07, 6.45) is 0. The second-order valence-electron chi connectivity index (χ2n) is 3.86. The van der Waals surface area contributed by atoms with Crippen LogP contribution in [0.4, 0.5) is 24.5 Å². The van der Waals surface area contributed by atoms with Crippen molar-refractivity contribution in [3.8, 4) is 0 Å². The highest BCUT2D eigenvalue weighted by molar-refractivity contribution is 5.74. The molecule has 9 heteroatoms.